The average molecular weight is 398 g/mol. The van der Waals surface area contributed by atoms with Gasteiger partial charge in [-0.05, 0) is 30.2 Å². The number of thioether (sulfide) groups is 1. The highest BCUT2D eigenvalue weighted by Gasteiger charge is 2.09. The van der Waals surface area contributed by atoms with E-state index in [9.17, 15) is 4.79 Å². The van der Waals surface area contributed by atoms with Gasteiger partial charge in [-0.25, -0.2) is 0 Å². The standard InChI is InChI=1S/C19H22N6O2S/c1-2-13-6-3-4-8-15(13)22-19-24-16(23-18(20)25-19)11-28-12-17(26)21-10-14-7-5-9-27-14/h3-9H,2,10-12H2,1H3,(H,21,26)(H3,20,22,23,24,25). The molecular formula is C19H22N6O2S. The Balaban J connectivity index is 1.53. The molecule has 3 rings (SSSR count). The summed E-state index contributed by atoms with van der Waals surface area (Å²) in [7, 11) is 0. The van der Waals surface area contributed by atoms with Gasteiger partial charge in [-0.3, -0.25) is 4.79 Å². The van der Waals surface area contributed by atoms with Gasteiger partial charge in [0.15, 0.2) is 0 Å². The molecule has 0 fully saturated rings. The van der Waals surface area contributed by atoms with Crippen molar-refractivity contribution in [1.82, 2.24) is 20.3 Å². The van der Waals surface area contributed by atoms with Gasteiger partial charge >= 0.3 is 0 Å². The first kappa shape index (κ1) is 19.7. The number of aryl methyl sites for hydroxylation is 1. The molecule has 0 spiro atoms. The van der Waals surface area contributed by atoms with Crippen molar-refractivity contribution in [2.75, 3.05) is 16.8 Å². The topological polar surface area (TPSA) is 119 Å². The first-order valence-corrected chi connectivity index (χ1v) is 10.0. The molecule has 0 radical (unpaired) electrons. The number of hydrogen-bond acceptors (Lipinski definition) is 8. The fourth-order valence-electron chi connectivity index (χ4n) is 2.51. The zero-order chi connectivity index (χ0) is 19.8. The molecule has 8 nitrogen and oxygen atoms in total. The molecule has 28 heavy (non-hydrogen) atoms. The fourth-order valence-corrected chi connectivity index (χ4v) is 3.22. The highest BCUT2D eigenvalue weighted by atomic mass is 32.2. The fraction of sp³-hybridized carbons (Fsp3) is 0.263. The number of benzene rings is 1. The molecule has 2 aromatic heterocycles. The quantitative estimate of drug-likeness (QED) is 0.503. The van der Waals surface area contributed by atoms with Crippen molar-refractivity contribution in [3.8, 4) is 0 Å². The van der Waals surface area contributed by atoms with Crippen molar-refractivity contribution in [2.45, 2.75) is 25.6 Å². The first-order valence-electron chi connectivity index (χ1n) is 8.86. The Morgan fingerprint density at radius 3 is 2.82 bits per heavy atom. The Labute approximate surface area is 167 Å². The highest BCUT2D eigenvalue weighted by Crippen LogP contribution is 2.20. The number of amides is 1. The summed E-state index contributed by atoms with van der Waals surface area (Å²) in [6.07, 6.45) is 2.46. The van der Waals surface area contributed by atoms with Crippen molar-refractivity contribution in [3.63, 3.8) is 0 Å². The molecule has 1 aromatic carbocycles. The van der Waals surface area contributed by atoms with Crippen molar-refractivity contribution in [2.24, 2.45) is 0 Å². The van der Waals surface area contributed by atoms with E-state index in [1.54, 1.807) is 12.3 Å². The molecule has 0 saturated carbocycles. The number of nitrogens with one attached hydrogen (secondary N) is 2. The number of rotatable bonds is 9. The molecule has 2 heterocycles. The molecular weight excluding hydrogens is 376 g/mol. The smallest absolute Gasteiger partial charge is 0.232 e. The molecule has 1 amide bonds. The molecule has 0 saturated heterocycles. The Bertz CT molecular complexity index is 917. The van der Waals surface area contributed by atoms with E-state index in [2.05, 4.69) is 32.5 Å². The maximum absolute atomic E-state index is 11.9. The van der Waals surface area contributed by atoms with Gasteiger partial charge in [0.1, 0.15) is 11.6 Å². The lowest BCUT2D eigenvalue weighted by molar-refractivity contribution is -0.118. The summed E-state index contributed by atoms with van der Waals surface area (Å²) in [6.45, 7) is 2.46. The minimum atomic E-state index is -0.0846. The van der Waals surface area contributed by atoms with Crippen LogP contribution < -0.4 is 16.4 Å². The first-order chi connectivity index (χ1) is 13.6. The van der Waals surface area contributed by atoms with Crippen molar-refractivity contribution in [1.29, 1.82) is 0 Å². The van der Waals surface area contributed by atoms with Gasteiger partial charge in [-0.15, -0.1) is 11.8 Å². The highest BCUT2D eigenvalue weighted by molar-refractivity contribution is 7.99. The van der Waals surface area contributed by atoms with Crippen LogP contribution in [0, 0.1) is 0 Å². The lowest BCUT2D eigenvalue weighted by Gasteiger charge is -2.10. The van der Waals surface area contributed by atoms with Crippen LogP contribution in [0.2, 0.25) is 0 Å². The minimum Gasteiger partial charge on any atom is -0.467 e. The van der Waals surface area contributed by atoms with E-state index in [1.165, 1.54) is 11.8 Å². The number of hydrogen-bond donors (Lipinski definition) is 3. The minimum absolute atomic E-state index is 0.0846. The second-order valence-electron chi connectivity index (χ2n) is 5.92. The molecule has 0 aliphatic rings. The van der Waals surface area contributed by atoms with Gasteiger partial charge in [-0.2, -0.15) is 15.0 Å². The summed E-state index contributed by atoms with van der Waals surface area (Å²) >= 11 is 1.40. The van der Waals surface area contributed by atoms with Crippen LogP contribution in [0.1, 0.15) is 24.1 Å². The lowest BCUT2D eigenvalue weighted by Crippen LogP contribution is -2.24. The van der Waals surface area contributed by atoms with Crippen LogP contribution >= 0.6 is 11.8 Å². The summed E-state index contributed by atoms with van der Waals surface area (Å²) < 4.78 is 5.18. The predicted molar refractivity (Wildman–Crippen MR) is 110 cm³/mol. The van der Waals surface area contributed by atoms with Crippen LogP contribution in [0.25, 0.3) is 0 Å². The predicted octanol–water partition coefficient (Wildman–Crippen LogP) is 2.90. The van der Waals surface area contributed by atoms with Gasteiger partial charge < -0.3 is 20.8 Å². The summed E-state index contributed by atoms with van der Waals surface area (Å²) in [4.78, 5) is 24.6. The number of nitrogen functional groups attached to an aromatic ring is 1. The molecule has 0 atom stereocenters. The number of nitrogens with two attached hydrogens (primary N) is 1. The number of carbonyl (C=O) groups excluding carboxylic acids is 1. The zero-order valence-corrected chi connectivity index (χ0v) is 16.3. The summed E-state index contributed by atoms with van der Waals surface area (Å²) in [5.74, 6) is 2.42. The van der Waals surface area contributed by atoms with Crippen molar-refractivity contribution < 1.29 is 9.21 Å². The summed E-state index contributed by atoms with van der Waals surface area (Å²) in [6, 6.07) is 11.6. The number of para-hydroxylation sites is 1. The third-order valence-electron chi connectivity index (χ3n) is 3.85. The van der Waals surface area contributed by atoms with E-state index >= 15 is 0 Å². The van der Waals surface area contributed by atoms with Crippen molar-refractivity contribution >= 4 is 35.3 Å². The molecule has 0 unspecified atom stereocenters. The number of aromatic nitrogens is 3. The Kier molecular flexibility index (Phi) is 6.85. The number of nitrogens with zero attached hydrogens (tertiary/aromatic N) is 3. The van der Waals surface area contributed by atoms with E-state index in [1.807, 2.05) is 30.3 Å². The maximum atomic E-state index is 11.9. The second-order valence-corrected chi connectivity index (χ2v) is 6.90. The Morgan fingerprint density at radius 2 is 2.04 bits per heavy atom. The molecule has 4 N–H and O–H groups in total. The number of furan rings is 1. The molecule has 0 aliphatic heterocycles. The SMILES string of the molecule is CCc1ccccc1Nc1nc(N)nc(CSCC(=O)NCc2ccco2)n1. The van der Waals surface area contributed by atoms with Crippen LogP contribution in [0.5, 0.6) is 0 Å². The Morgan fingerprint density at radius 1 is 1.18 bits per heavy atom. The largest absolute Gasteiger partial charge is 0.467 e. The average Bonchev–Trinajstić information content (AvgIpc) is 3.20. The Hall–Kier alpha value is -3.07. The van der Waals surface area contributed by atoms with E-state index in [0.29, 0.717) is 29.8 Å². The third kappa shape index (κ3) is 5.71. The van der Waals surface area contributed by atoms with Crippen LogP contribution in [0.3, 0.4) is 0 Å². The van der Waals surface area contributed by atoms with Gasteiger partial charge in [0, 0.05) is 5.69 Å². The van der Waals surface area contributed by atoms with E-state index in [4.69, 9.17) is 10.2 Å². The second kappa shape index (κ2) is 9.75. The van der Waals surface area contributed by atoms with Crippen LogP contribution in [-0.4, -0.2) is 26.6 Å². The summed E-state index contributed by atoms with van der Waals surface area (Å²) in [5.41, 5.74) is 7.91. The number of anilines is 3. The van der Waals surface area contributed by atoms with Gasteiger partial charge in [0.25, 0.3) is 0 Å². The molecule has 9 heteroatoms. The lowest BCUT2D eigenvalue weighted by atomic mass is 10.1. The third-order valence-corrected chi connectivity index (χ3v) is 4.78. The van der Waals surface area contributed by atoms with Gasteiger partial charge in [-0.1, -0.05) is 25.1 Å². The molecule has 3 aromatic rings. The van der Waals surface area contributed by atoms with E-state index in [0.717, 1.165) is 17.7 Å². The number of carbonyl (C=O) groups is 1. The van der Waals surface area contributed by atoms with Crippen LogP contribution in [0.4, 0.5) is 17.6 Å². The molecule has 0 bridgehead atoms. The van der Waals surface area contributed by atoms with Crippen LogP contribution in [0.15, 0.2) is 47.1 Å². The summed E-state index contributed by atoms with van der Waals surface area (Å²) in [5, 5.41) is 5.99. The van der Waals surface area contributed by atoms with E-state index in [-0.39, 0.29) is 17.6 Å². The zero-order valence-electron chi connectivity index (χ0n) is 15.5. The van der Waals surface area contributed by atoms with E-state index < -0.39 is 0 Å². The monoisotopic (exact) mass is 398 g/mol. The van der Waals surface area contributed by atoms with Gasteiger partial charge in [0.2, 0.25) is 17.8 Å². The molecule has 0 aliphatic carbocycles. The van der Waals surface area contributed by atoms with Crippen LogP contribution in [-0.2, 0) is 23.5 Å². The molecule has 146 valence electrons. The van der Waals surface area contributed by atoms with Gasteiger partial charge in [0.05, 0.1) is 24.3 Å². The maximum Gasteiger partial charge on any atom is 0.232 e. The van der Waals surface area contributed by atoms with Crippen molar-refractivity contribution in [3.05, 3.63) is 59.8 Å². The normalized spacial score (nSPS) is 10.6.